The van der Waals surface area contributed by atoms with Gasteiger partial charge in [-0.25, -0.2) is 4.98 Å². The van der Waals surface area contributed by atoms with E-state index in [1.165, 1.54) is 21.0 Å². The highest BCUT2D eigenvalue weighted by molar-refractivity contribution is 7.86. The molecule has 2 saturated heterocycles. The molecule has 0 radical (unpaired) electrons. The van der Waals surface area contributed by atoms with Gasteiger partial charge in [0.15, 0.2) is 0 Å². The first-order valence-corrected chi connectivity index (χ1v) is 9.43. The topological polar surface area (TPSA) is 105 Å². The summed E-state index contributed by atoms with van der Waals surface area (Å²) in [6.07, 6.45) is 2.36. The van der Waals surface area contributed by atoms with Gasteiger partial charge in [-0.15, -0.1) is 0 Å². The highest BCUT2D eigenvalue weighted by Crippen LogP contribution is 2.17. The molecule has 0 aliphatic carbocycles. The lowest BCUT2D eigenvalue weighted by Gasteiger charge is -2.36. The minimum Gasteiger partial charge on any atom is -0.379 e. The van der Waals surface area contributed by atoms with Crippen LogP contribution < -0.4 is 5.56 Å². The molecule has 0 bridgehead atoms. The molecule has 9 nitrogen and oxygen atoms in total. The van der Waals surface area contributed by atoms with Crippen LogP contribution in [0.25, 0.3) is 0 Å². The second kappa shape index (κ2) is 7.70. The van der Waals surface area contributed by atoms with Gasteiger partial charge in [-0.2, -0.15) is 17.0 Å². The predicted octanol–water partition coefficient (Wildman–Crippen LogP) is -1.02. The maximum atomic E-state index is 12.7. The van der Waals surface area contributed by atoms with Crippen LogP contribution in [0.5, 0.6) is 0 Å². The molecule has 1 N–H and O–H groups in total. The maximum absolute atomic E-state index is 12.7. The largest absolute Gasteiger partial charge is 0.379 e. The van der Waals surface area contributed by atoms with E-state index in [0.717, 1.165) is 0 Å². The molecule has 10 heteroatoms. The summed E-state index contributed by atoms with van der Waals surface area (Å²) in [5.41, 5.74) is 0.483. The predicted molar refractivity (Wildman–Crippen MR) is 85.8 cm³/mol. The molecule has 1 aromatic rings. The number of hydrogen-bond donors (Lipinski definition) is 1. The molecule has 0 unspecified atom stereocenters. The number of nitrogens with zero attached hydrogens (tertiary/aromatic N) is 3. The fourth-order valence-electron chi connectivity index (χ4n) is 2.87. The van der Waals surface area contributed by atoms with Gasteiger partial charge in [0.1, 0.15) is 0 Å². The lowest BCUT2D eigenvalue weighted by atomic mass is 10.1. The fraction of sp³-hybridized carbons (Fsp3) is 0.714. The Labute approximate surface area is 140 Å². The number of morpholine rings is 2. The summed E-state index contributed by atoms with van der Waals surface area (Å²) in [6, 6.07) is 1.45. The monoisotopic (exact) mass is 358 g/mol. The molecule has 0 amide bonds. The van der Waals surface area contributed by atoms with Gasteiger partial charge in [-0.1, -0.05) is 0 Å². The first-order chi connectivity index (χ1) is 11.6. The minimum absolute atomic E-state index is 0.193. The van der Waals surface area contributed by atoms with Crippen LogP contribution >= 0.6 is 0 Å². The molecule has 3 heterocycles. The van der Waals surface area contributed by atoms with E-state index in [4.69, 9.17) is 9.47 Å². The van der Waals surface area contributed by atoms with Crippen LogP contribution in [0, 0.1) is 0 Å². The first kappa shape index (κ1) is 17.5. The Morgan fingerprint density at radius 2 is 1.96 bits per heavy atom. The number of H-pyrrole nitrogens is 1. The van der Waals surface area contributed by atoms with E-state index in [-0.39, 0.29) is 11.7 Å². The third kappa shape index (κ3) is 4.19. The molecule has 2 aliphatic heterocycles. The average Bonchev–Trinajstić information content (AvgIpc) is 2.61. The highest BCUT2D eigenvalue weighted by Gasteiger charge is 2.34. The molecule has 2 aliphatic rings. The van der Waals surface area contributed by atoms with Gasteiger partial charge < -0.3 is 14.5 Å². The first-order valence-electron chi connectivity index (χ1n) is 8.04. The van der Waals surface area contributed by atoms with Crippen LogP contribution in [0.2, 0.25) is 0 Å². The van der Waals surface area contributed by atoms with E-state index >= 15 is 0 Å². The fourth-order valence-corrected chi connectivity index (χ4v) is 4.47. The van der Waals surface area contributed by atoms with Gasteiger partial charge in [0.2, 0.25) is 0 Å². The molecule has 24 heavy (non-hydrogen) atoms. The zero-order valence-electron chi connectivity index (χ0n) is 13.4. The molecular weight excluding hydrogens is 336 g/mol. The van der Waals surface area contributed by atoms with Gasteiger partial charge in [-0.3, -0.25) is 4.79 Å². The molecule has 0 spiro atoms. The van der Waals surface area contributed by atoms with Crippen molar-refractivity contribution in [2.45, 2.75) is 18.9 Å². The Balaban J connectivity index is 1.58. The van der Waals surface area contributed by atoms with E-state index in [0.29, 0.717) is 64.5 Å². The van der Waals surface area contributed by atoms with Crippen molar-refractivity contribution in [3.05, 3.63) is 28.4 Å². The van der Waals surface area contributed by atoms with Crippen LogP contribution in [-0.4, -0.2) is 79.1 Å². The number of aromatic amines is 1. The number of aromatic nitrogens is 2. The number of nitrogens with one attached hydrogen (secondary N) is 1. The third-order valence-corrected chi connectivity index (χ3v) is 6.18. The van der Waals surface area contributed by atoms with Crippen LogP contribution in [0.1, 0.15) is 12.1 Å². The number of ether oxygens (including phenoxy) is 2. The average molecular weight is 358 g/mol. The summed E-state index contributed by atoms with van der Waals surface area (Å²) in [4.78, 5) is 17.8. The van der Waals surface area contributed by atoms with E-state index < -0.39 is 10.2 Å². The molecular formula is C14H22N4O5S. The number of aryl methyl sites for hydroxylation is 1. The van der Waals surface area contributed by atoms with Crippen molar-refractivity contribution in [3.63, 3.8) is 0 Å². The molecule has 0 aromatic carbocycles. The summed E-state index contributed by atoms with van der Waals surface area (Å²) >= 11 is 0. The van der Waals surface area contributed by atoms with E-state index in [9.17, 15) is 13.2 Å². The van der Waals surface area contributed by atoms with E-state index in [1.54, 1.807) is 0 Å². The third-order valence-electron chi connectivity index (χ3n) is 4.18. The second-order valence-corrected chi connectivity index (χ2v) is 7.74. The molecule has 134 valence electrons. The lowest BCUT2D eigenvalue weighted by molar-refractivity contribution is -0.00878. The standard InChI is InChI=1S/C14H22N4O5S/c19-14-9-12(15-11-16-14)1-2-13-10-18(5-8-23-13)24(20,21)17-3-6-22-7-4-17/h9,11,13H,1-8,10H2,(H,15,16,19)/t13-/m1/s1. The Kier molecular flexibility index (Phi) is 5.61. The van der Waals surface area contributed by atoms with Gasteiger partial charge in [-0.05, 0) is 12.8 Å². The zero-order valence-corrected chi connectivity index (χ0v) is 14.2. The SMILES string of the molecule is O=c1cc(CC[C@@H]2CN(S(=O)(=O)N3CCOCC3)CCO2)nc[nH]1. The Morgan fingerprint density at radius 3 is 2.71 bits per heavy atom. The van der Waals surface area contributed by atoms with Crippen molar-refractivity contribution in [2.24, 2.45) is 0 Å². The summed E-state index contributed by atoms with van der Waals surface area (Å²) < 4.78 is 39.2. The quantitative estimate of drug-likeness (QED) is 0.722. The summed E-state index contributed by atoms with van der Waals surface area (Å²) in [5.74, 6) is 0. The highest BCUT2D eigenvalue weighted by atomic mass is 32.2. The van der Waals surface area contributed by atoms with Crippen LogP contribution in [0.3, 0.4) is 0 Å². The van der Waals surface area contributed by atoms with Crippen molar-refractivity contribution in [1.29, 1.82) is 0 Å². The van der Waals surface area contributed by atoms with E-state index in [1.807, 2.05) is 0 Å². The normalized spacial score (nSPS) is 24.1. The van der Waals surface area contributed by atoms with Crippen molar-refractivity contribution in [1.82, 2.24) is 18.6 Å². The van der Waals surface area contributed by atoms with Crippen LogP contribution in [0.15, 0.2) is 17.2 Å². The molecule has 2 fully saturated rings. The summed E-state index contributed by atoms with van der Waals surface area (Å²) in [6.45, 7) is 2.70. The number of hydrogen-bond acceptors (Lipinski definition) is 6. The lowest BCUT2D eigenvalue weighted by Crippen LogP contribution is -2.53. The number of rotatable bonds is 5. The van der Waals surface area contributed by atoms with Crippen molar-refractivity contribution >= 4 is 10.2 Å². The molecule has 0 saturated carbocycles. The van der Waals surface area contributed by atoms with Gasteiger partial charge >= 0.3 is 0 Å². The molecule has 1 atom stereocenters. The Morgan fingerprint density at radius 1 is 1.21 bits per heavy atom. The molecule has 1 aromatic heterocycles. The van der Waals surface area contributed by atoms with Crippen molar-refractivity contribution in [2.75, 3.05) is 46.0 Å². The van der Waals surface area contributed by atoms with Crippen molar-refractivity contribution < 1.29 is 17.9 Å². The Bertz CT molecular complexity index is 701. The van der Waals surface area contributed by atoms with Crippen LogP contribution in [-0.2, 0) is 26.1 Å². The zero-order chi connectivity index (χ0) is 17.0. The summed E-state index contributed by atoms with van der Waals surface area (Å²) in [5, 5.41) is 0. The van der Waals surface area contributed by atoms with E-state index in [2.05, 4.69) is 9.97 Å². The smallest absolute Gasteiger partial charge is 0.282 e. The maximum Gasteiger partial charge on any atom is 0.282 e. The minimum atomic E-state index is -3.47. The molecule has 3 rings (SSSR count). The second-order valence-electron chi connectivity index (χ2n) is 5.81. The Hall–Kier alpha value is -1.33. The van der Waals surface area contributed by atoms with Crippen LogP contribution in [0.4, 0.5) is 0 Å². The van der Waals surface area contributed by atoms with Gasteiger partial charge in [0.25, 0.3) is 15.8 Å². The summed E-state index contributed by atoms with van der Waals surface area (Å²) in [7, 11) is -3.47. The van der Waals surface area contributed by atoms with Crippen molar-refractivity contribution in [3.8, 4) is 0 Å². The van der Waals surface area contributed by atoms with Gasteiger partial charge in [0, 0.05) is 37.9 Å². The van der Waals surface area contributed by atoms with Gasteiger partial charge in [0.05, 0.1) is 32.3 Å².